The van der Waals surface area contributed by atoms with Gasteiger partial charge >= 0.3 is 6.09 Å². The second kappa shape index (κ2) is 8.84. The number of hydrogen-bond donors (Lipinski definition) is 1. The molecule has 1 aliphatic heterocycles. The maximum Gasteiger partial charge on any atom is 0.410 e. The molecule has 0 saturated carbocycles. The molecule has 0 bridgehead atoms. The number of carbonyl (C=O) groups is 1. The van der Waals surface area contributed by atoms with Crippen LogP contribution in [0, 0.1) is 5.82 Å². The van der Waals surface area contributed by atoms with Crippen molar-refractivity contribution in [3.8, 4) is 0 Å². The summed E-state index contributed by atoms with van der Waals surface area (Å²) >= 11 is 0. The summed E-state index contributed by atoms with van der Waals surface area (Å²) in [6.45, 7) is 3.40. The zero-order chi connectivity index (χ0) is 16.7. The summed E-state index contributed by atoms with van der Waals surface area (Å²) in [7, 11) is 0. The van der Waals surface area contributed by atoms with E-state index in [-0.39, 0.29) is 24.1 Å². The summed E-state index contributed by atoms with van der Waals surface area (Å²) in [5.74, 6) is -0.294. The lowest BCUT2D eigenvalue weighted by Gasteiger charge is -2.33. The topological polar surface area (TPSA) is 64.8 Å². The summed E-state index contributed by atoms with van der Waals surface area (Å²) < 4.78 is 24.1. The number of carbonyl (C=O) groups excluding carboxylic acids is 1. The highest BCUT2D eigenvalue weighted by atomic mass is 19.1. The normalized spacial score (nSPS) is 21.0. The predicted molar refractivity (Wildman–Crippen MR) is 85.4 cm³/mol. The van der Waals surface area contributed by atoms with Crippen molar-refractivity contribution in [2.75, 3.05) is 19.7 Å². The van der Waals surface area contributed by atoms with Crippen molar-refractivity contribution in [3.63, 3.8) is 0 Å². The van der Waals surface area contributed by atoms with Gasteiger partial charge in [-0.05, 0) is 43.9 Å². The van der Waals surface area contributed by atoms with E-state index in [4.69, 9.17) is 15.2 Å². The maximum atomic E-state index is 13.0. The number of ether oxygens (including phenoxy) is 2. The molecule has 0 unspecified atom stereocenters. The molecular formula is C17H25FN2O3. The monoisotopic (exact) mass is 324 g/mol. The Morgan fingerprint density at radius 1 is 1.35 bits per heavy atom. The third kappa shape index (κ3) is 5.48. The van der Waals surface area contributed by atoms with Gasteiger partial charge in [-0.15, -0.1) is 0 Å². The van der Waals surface area contributed by atoms with Gasteiger partial charge in [0.2, 0.25) is 0 Å². The highest BCUT2D eigenvalue weighted by Crippen LogP contribution is 2.20. The van der Waals surface area contributed by atoms with E-state index in [1.165, 1.54) is 12.1 Å². The minimum atomic E-state index is -0.379. The molecule has 6 heteroatoms. The van der Waals surface area contributed by atoms with Gasteiger partial charge in [0.25, 0.3) is 0 Å². The Labute approximate surface area is 136 Å². The molecule has 1 heterocycles. The molecule has 2 N–H and O–H groups in total. The van der Waals surface area contributed by atoms with Crippen LogP contribution in [0.2, 0.25) is 0 Å². The fourth-order valence-corrected chi connectivity index (χ4v) is 2.76. The van der Waals surface area contributed by atoms with Crippen molar-refractivity contribution >= 4 is 6.09 Å². The number of halogens is 1. The Bertz CT molecular complexity index is 495. The van der Waals surface area contributed by atoms with Crippen molar-refractivity contribution < 1.29 is 18.7 Å². The van der Waals surface area contributed by atoms with Crippen LogP contribution in [0.1, 0.15) is 31.7 Å². The maximum absolute atomic E-state index is 13.0. The fraction of sp³-hybridized carbons (Fsp3) is 0.588. The summed E-state index contributed by atoms with van der Waals surface area (Å²) in [5, 5.41) is 0. The first-order chi connectivity index (χ1) is 11.1. The van der Waals surface area contributed by atoms with E-state index >= 15 is 0 Å². The Kier molecular flexibility index (Phi) is 6.80. The van der Waals surface area contributed by atoms with Crippen LogP contribution in [0.4, 0.5) is 9.18 Å². The fourth-order valence-electron chi connectivity index (χ4n) is 2.76. The lowest BCUT2D eigenvalue weighted by molar-refractivity contribution is -0.0576. The predicted octanol–water partition coefficient (Wildman–Crippen LogP) is 2.68. The molecule has 1 aromatic carbocycles. The number of rotatable bonds is 6. The summed E-state index contributed by atoms with van der Waals surface area (Å²) in [6.07, 6.45) is 2.54. The number of hydrogen-bond acceptors (Lipinski definition) is 4. The van der Waals surface area contributed by atoms with Gasteiger partial charge in [-0.3, -0.25) is 0 Å². The number of nitrogens with zero attached hydrogens (tertiary/aromatic N) is 1. The standard InChI is InChI=1S/C17H25FN2O3/c1-2-22-17(21)20(11-13-6-8-14(18)9-7-13)12-16-5-3-4-15(10-19)23-16/h6-9,15-16H,2-5,10-12,19H2,1H3/t15-,16-/m1/s1. The molecule has 0 aromatic heterocycles. The van der Waals surface area contributed by atoms with E-state index < -0.39 is 0 Å². The van der Waals surface area contributed by atoms with Gasteiger partial charge in [-0.1, -0.05) is 12.1 Å². The first-order valence-electron chi connectivity index (χ1n) is 8.14. The van der Waals surface area contributed by atoms with Crippen LogP contribution in [0.5, 0.6) is 0 Å². The van der Waals surface area contributed by atoms with E-state index in [0.29, 0.717) is 26.2 Å². The van der Waals surface area contributed by atoms with Crippen LogP contribution in [0.15, 0.2) is 24.3 Å². The summed E-state index contributed by atoms with van der Waals surface area (Å²) in [4.78, 5) is 13.8. The molecule has 0 spiro atoms. The summed E-state index contributed by atoms with van der Waals surface area (Å²) in [6, 6.07) is 6.12. The van der Waals surface area contributed by atoms with Crippen LogP contribution < -0.4 is 5.73 Å². The van der Waals surface area contributed by atoms with Crippen LogP contribution >= 0.6 is 0 Å². The molecule has 5 nitrogen and oxygen atoms in total. The average molecular weight is 324 g/mol. The van der Waals surface area contributed by atoms with Crippen LogP contribution in [0.3, 0.4) is 0 Å². The van der Waals surface area contributed by atoms with E-state index in [2.05, 4.69) is 0 Å². The van der Waals surface area contributed by atoms with Gasteiger partial charge in [-0.2, -0.15) is 0 Å². The van der Waals surface area contributed by atoms with E-state index in [1.807, 2.05) is 0 Å². The second-order valence-electron chi connectivity index (χ2n) is 5.75. The van der Waals surface area contributed by atoms with Crippen molar-refractivity contribution in [1.29, 1.82) is 0 Å². The zero-order valence-corrected chi connectivity index (χ0v) is 13.5. The molecule has 23 heavy (non-hydrogen) atoms. The third-order valence-electron chi connectivity index (χ3n) is 3.94. The van der Waals surface area contributed by atoms with Gasteiger partial charge in [0.05, 0.1) is 25.4 Å². The van der Waals surface area contributed by atoms with Gasteiger partial charge < -0.3 is 20.1 Å². The third-order valence-corrected chi connectivity index (χ3v) is 3.94. The first kappa shape index (κ1) is 17.7. The van der Waals surface area contributed by atoms with Gasteiger partial charge in [-0.25, -0.2) is 9.18 Å². The Morgan fingerprint density at radius 2 is 2.04 bits per heavy atom. The minimum Gasteiger partial charge on any atom is -0.450 e. The van der Waals surface area contributed by atoms with Crippen molar-refractivity contribution in [1.82, 2.24) is 4.90 Å². The molecule has 1 aliphatic rings. The smallest absolute Gasteiger partial charge is 0.410 e. The van der Waals surface area contributed by atoms with Crippen LogP contribution in [-0.2, 0) is 16.0 Å². The van der Waals surface area contributed by atoms with Crippen molar-refractivity contribution in [3.05, 3.63) is 35.6 Å². The highest BCUT2D eigenvalue weighted by molar-refractivity contribution is 5.67. The van der Waals surface area contributed by atoms with E-state index in [0.717, 1.165) is 24.8 Å². The van der Waals surface area contributed by atoms with Gasteiger partial charge in [0.15, 0.2) is 0 Å². The minimum absolute atomic E-state index is 0.0397. The molecule has 1 fully saturated rings. The number of amides is 1. The quantitative estimate of drug-likeness (QED) is 0.874. The first-order valence-corrected chi connectivity index (χ1v) is 8.14. The van der Waals surface area contributed by atoms with E-state index in [1.54, 1.807) is 24.0 Å². The molecule has 1 saturated heterocycles. The van der Waals surface area contributed by atoms with Crippen LogP contribution in [0.25, 0.3) is 0 Å². The molecule has 0 aliphatic carbocycles. The molecule has 2 rings (SSSR count). The number of nitrogens with two attached hydrogens (primary N) is 1. The highest BCUT2D eigenvalue weighted by Gasteiger charge is 2.26. The molecular weight excluding hydrogens is 299 g/mol. The lowest BCUT2D eigenvalue weighted by atomic mass is 10.0. The Hall–Kier alpha value is -1.66. The Morgan fingerprint density at radius 3 is 2.70 bits per heavy atom. The van der Waals surface area contributed by atoms with Crippen molar-refractivity contribution in [2.24, 2.45) is 5.73 Å². The lowest BCUT2D eigenvalue weighted by Crippen LogP contribution is -2.42. The molecule has 0 radical (unpaired) electrons. The molecule has 1 amide bonds. The number of benzene rings is 1. The van der Waals surface area contributed by atoms with E-state index in [9.17, 15) is 9.18 Å². The van der Waals surface area contributed by atoms with Crippen molar-refractivity contribution in [2.45, 2.75) is 44.9 Å². The summed E-state index contributed by atoms with van der Waals surface area (Å²) in [5.41, 5.74) is 6.53. The SMILES string of the molecule is CCOC(=O)N(Cc1ccc(F)cc1)C[C@H]1CCC[C@H](CN)O1. The molecule has 2 atom stereocenters. The largest absolute Gasteiger partial charge is 0.450 e. The second-order valence-corrected chi connectivity index (χ2v) is 5.75. The molecule has 1 aromatic rings. The van der Waals surface area contributed by atoms with Gasteiger partial charge in [0.1, 0.15) is 5.82 Å². The zero-order valence-electron chi connectivity index (χ0n) is 13.5. The molecule has 128 valence electrons. The average Bonchev–Trinajstić information content (AvgIpc) is 2.56. The Balaban J connectivity index is 2.01. The van der Waals surface area contributed by atoms with Crippen LogP contribution in [-0.4, -0.2) is 42.9 Å². The van der Waals surface area contributed by atoms with Gasteiger partial charge in [0, 0.05) is 13.1 Å².